The number of rotatable bonds is 0. The summed E-state index contributed by atoms with van der Waals surface area (Å²) < 4.78 is 0. The topological polar surface area (TPSA) is 231 Å². The fraction of sp³-hybridized carbons (Fsp3) is 0. The minimum absolute atomic E-state index is 0.0641. The number of allylic oxidation sites excluding steroid dienone is 10. The monoisotopic (exact) mass is 1000 g/mol. The first-order valence-corrected chi connectivity index (χ1v) is 23.0. The van der Waals surface area contributed by atoms with Gasteiger partial charge in [0, 0.05) is 56.9 Å². The molecule has 0 saturated heterocycles. The number of benzene rings is 5. The number of pyridine rings is 2. The van der Waals surface area contributed by atoms with Gasteiger partial charge >= 0.3 is 0 Å². The zero-order valence-electron chi connectivity index (χ0n) is 39.6. The lowest BCUT2D eigenvalue weighted by Gasteiger charge is -2.16. The van der Waals surface area contributed by atoms with Gasteiger partial charge in [-0.25, -0.2) is 0 Å². The van der Waals surface area contributed by atoms with Crippen molar-refractivity contribution < 1.29 is 57.5 Å². The lowest BCUT2D eigenvalue weighted by molar-refractivity contribution is -0.131. The van der Waals surface area contributed by atoms with Crippen molar-refractivity contribution in [3.05, 3.63) is 274 Å². The lowest BCUT2D eigenvalue weighted by Crippen LogP contribution is -2.22. The van der Waals surface area contributed by atoms with Crippen LogP contribution in [0.2, 0.25) is 0 Å². The maximum absolute atomic E-state index is 12.1. The Balaban J connectivity index is 0.000000123. The fourth-order valence-electron chi connectivity index (χ4n) is 8.06. The number of aromatic nitrogens is 2. The maximum Gasteiger partial charge on any atom is 0.235 e. The summed E-state index contributed by atoms with van der Waals surface area (Å²) in [6.07, 6.45) is 16.4. The largest absolute Gasteiger partial charge is 0.290 e. The third-order valence-corrected chi connectivity index (χ3v) is 11.7. The number of fused-ring (bicyclic) bond motifs is 9. The van der Waals surface area contributed by atoms with Crippen LogP contribution >= 0.6 is 0 Å². The molecule has 0 fully saturated rings. The minimum Gasteiger partial charge on any atom is -0.290 e. The number of carbonyl (C=O) groups excluding carboxylic acids is 12. The molecule has 0 radical (unpaired) electrons. The molecule has 14 heteroatoms. The van der Waals surface area contributed by atoms with Crippen LogP contribution in [0.25, 0.3) is 22.5 Å². The summed E-state index contributed by atoms with van der Waals surface area (Å²) in [4.78, 5) is 143. The second kappa shape index (κ2) is 23.1. The average molecular weight is 1000 g/mol. The normalized spacial score (nSPS) is 14.4. The van der Waals surface area contributed by atoms with E-state index in [0.29, 0.717) is 67.0 Å². The van der Waals surface area contributed by atoms with Crippen LogP contribution in [0, 0.1) is 0 Å². The van der Waals surface area contributed by atoms with Crippen LogP contribution in [0.15, 0.2) is 219 Å². The zero-order valence-corrected chi connectivity index (χ0v) is 39.6. The van der Waals surface area contributed by atoms with E-state index in [0.717, 1.165) is 11.1 Å². The van der Waals surface area contributed by atoms with Gasteiger partial charge in [-0.1, -0.05) is 133 Å². The summed E-state index contributed by atoms with van der Waals surface area (Å²) in [6.45, 7) is 0. The van der Waals surface area contributed by atoms with Crippen molar-refractivity contribution in [3.8, 4) is 22.5 Å². The molecule has 0 saturated carbocycles. The second-order valence-electron chi connectivity index (χ2n) is 16.5. The van der Waals surface area contributed by atoms with E-state index in [2.05, 4.69) is 9.97 Å². The van der Waals surface area contributed by atoms with Gasteiger partial charge < -0.3 is 0 Å². The average Bonchev–Trinajstić information content (AvgIpc) is 3.50. The van der Waals surface area contributed by atoms with Crippen molar-refractivity contribution >= 4 is 69.4 Å². The molecule has 14 nitrogen and oxygen atoms in total. The Morgan fingerprint density at radius 3 is 0.763 bits per heavy atom. The molecule has 0 bridgehead atoms. The van der Waals surface area contributed by atoms with Crippen LogP contribution in [0.3, 0.4) is 0 Å². The minimum atomic E-state index is -0.511. The molecule has 13 rings (SSSR count). The van der Waals surface area contributed by atoms with Crippen molar-refractivity contribution in [1.82, 2.24) is 9.97 Å². The highest BCUT2D eigenvalue weighted by molar-refractivity contribution is 6.53. The molecule has 2 heterocycles. The van der Waals surface area contributed by atoms with Crippen molar-refractivity contribution in [2.75, 3.05) is 0 Å². The maximum atomic E-state index is 12.1. The van der Waals surface area contributed by atoms with Crippen molar-refractivity contribution in [2.24, 2.45) is 0 Å². The number of Topliss-reactive ketones (excluding diaryl/α,β-unsaturated/α-hetero) is 4. The molecular formula is C62H36N2O12. The van der Waals surface area contributed by atoms with Gasteiger partial charge in [-0.3, -0.25) is 67.5 Å². The van der Waals surface area contributed by atoms with E-state index in [1.54, 1.807) is 146 Å². The van der Waals surface area contributed by atoms with Crippen molar-refractivity contribution in [1.29, 1.82) is 0 Å². The number of hydrogen-bond donors (Lipinski definition) is 0. The molecule has 2 aromatic heterocycles. The highest BCUT2D eigenvalue weighted by Gasteiger charge is 2.32. The van der Waals surface area contributed by atoms with E-state index in [9.17, 15) is 57.5 Å². The summed E-state index contributed by atoms with van der Waals surface area (Å²) in [6, 6.07) is 41.7. The van der Waals surface area contributed by atoms with Crippen molar-refractivity contribution in [3.63, 3.8) is 0 Å². The van der Waals surface area contributed by atoms with E-state index in [-0.39, 0.29) is 34.7 Å². The molecule has 6 aliphatic rings. The van der Waals surface area contributed by atoms with Gasteiger partial charge in [0.05, 0.1) is 11.1 Å². The van der Waals surface area contributed by atoms with Crippen LogP contribution in [0.4, 0.5) is 0 Å². The van der Waals surface area contributed by atoms with E-state index < -0.39 is 34.7 Å². The quantitative estimate of drug-likeness (QED) is 0.0785. The predicted octanol–water partition coefficient (Wildman–Crippen LogP) is 8.84. The van der Waals surface area contributed by atoms with Gasteiger partial charge in [-0.15, -0.1) is 0 Å². The molecule has 0 N–H and O–H groups in total. The van der Waals surface area contributed by atoms with Crippen molar-refractivity contribution in [2.45, 2.75) is 0 Å². The Kier molecular flexibility index (Phi) is 15.7. The van der Waals surface area contributed by atoms with Crippen LogP contribution in [0.5, 0.6) is 0 Å². The number of hydrogen-bond acceptors (Lipinski definition) is 14. The Labute approximate surface area is 432 Å². The van der Waals surface area contributed by atoms with Crippen LogP contribution in [-0.4, -0.2) is 79.4 Å². The molecule has 5 aromatic carbocycles. The summed E-state index contributed by atoms with van der Waals surface area (Å²) >= 11 is 0. The molecule has 7 aromatic rings. The van der Waals surface area contributed by atoms with Gasteiger partial charge in [-0.05, 0) is 84.0 Å². The Morgan fingerprint density at radius 1 is 0.211 bits per heavy atom. The molecular weight excluding hydrogens is 965 g/mol. The highest BCUT2D eigenvalue weighted by Crippen LogP contribution is 2.33. The second-order valence-corrected chi connectivity index (χ2v) is 16.5. The zero-order chi connectivity index (χ0) is 53.9. The summed E-state index contributed by atoms with van der Waals surface area (Å²) in [7, 11) is 0. The Bertz CT molecular complexity index is 3420. The predicted molar refractivity (Wildman–Crippen MR) is 277 cm³/mol. The summed E-state index contributed by atoms with van der Waals surface area (Å²) in [5.41, 5.74) is 7.38. The summed E-state index contributed by atoms with van der Waals surface area (Å²) in [5.74, 6) is -3.27. The molecule has 366 valence electrons. The van der Waals surface area contributed by atoms with E-state index in [1.807, 2.05) is 24.3 Å². The van der Waals surface area contributed by atoms with Gasteiger partial charge in [0.2, 0.25) is 34.7 Å². The molecule has 0 aliphatic heterocycles. The van der Waals surface area contributed by atoms with Gasteiger partial charge in [0.15, 0.2) is 34.7 Å². The third-order valence-electron chi connectivity index (χ3n) is 11.7. The van der Waals surface area contributed by atoms with E-state index in [4.69, 9.17) is 0 Å². The molecule has 0 unspecified atom stereocenters. The Hall–Kier alpha value is -10.9. The highest BCUT2D eigenvalue weighted by atomic mass is 16.2. The molecule has 6 aliphatic carbocycles. The molecule has 0 atom stereocenters. The summed E-state index contributed by atoms with van der Waals surface area (Å²) in [5, 5.41) is 0. The number of carbonyl (C=O) groups is 12. The first-order chi connectivity index (χ1) is 36.7. The van der Waals surface area contributed by atoms with E-state index in [1.165, 1.54) is 48.6 Å². The molecule has 0 spiro atoms. The first kappa shape index (κ1) is 51.5. The first-order valence-electron chi connectivity index (χ1n) is 23.0. The van der Waals surface area contributed by atoms with Crippen LogP contribution in [0.1, 0.15) is 94.0 Å². The third kappa shape index (κ3) is 11.1. The van der Waals surface area contributed by atoms with E-state index >= 15 is 0 Å². The van der Waals surface area contributed by atoms with Gasteiger partial charge in [0.1, 0.15) is 11.4 Å². The standard InChI is InChI=1S/2C14H8O2.C12H6N2O2.C10H6O2.2C6H4O2/c15-13-11-7-3-1-5-9(11)10-6-2-4-8-12(10)14(13)16;15-13-9-5-1-2-6-10(9)14(16)12-8-4-3-7-11(12)13;15-11-7-3-1-5-13-9(7)10-8(12(11)16)4-2-6-14-10;11-9-5-6-10(12)8-4-2-1-3-7(8)9;7-5-1-2-6(8)4-3-5;7-5-3-1-2-4-6(5)8/h2*1-8H;1-6H;1-6H;2*1-4H. The van der Waals surface area contributed by atoms with Crippen LogP contribution in [-0.2, 0) is 19.2 Å². The number of nitrogens with zero attached hydrogens (tertiary/aromatic N) is 2. The van der Waals surface area contributed by atoms with Gasteiger partial charge in [0.25, 0.3) is 0 Å². The lowest BCUT2D eigenvalue weighted by atomic mass is 9.84. The van der Waals surface area contributed by atoms with Crippen LogP contribution < -0.4 is 0 Å². The SMILES string of the molecule is O=C1C(=O)c2ccccc2-c2ccccc21.O=C1C(=O)c2cccnc2-c2ncccc21.O=C1C=CC(=O)C=C1.O=C1C=CC(=O)c2ccccc21.O=C1C=CC=CC1=O.O=C1c2ccccc2C(=O)c2ccccc21. The number of ketones is 12. The van der Waals surface area contributed by atoms with Gasteiger partial charge in [-0.2, -0.15) is 0 Å². The molecule has 0 amide bonds. The smallest absolute Gasteiger partial charge is 0.235 e. The molecule has 76 heavy (non-hydrogen) atoms. The fourth-order valence-corrected chi connectivity index (χ4v) is 8.06. The Morgan fingerprint density at radius 2 is 0.461 bits per heavy atom.